The van der Waals surface area contributed by atoms with E-state index in [1.165, 1.54) is 0 Å². The number of rotatable bonds is 5. The van der Waals surface area contributed by atoms with Crippen LogP contribution < -0.4 is 5.32 Å². The Bertz CT molecular complexity index is 689. The smallest absolute Gasteiger partial charge is 0.305 e. The molecule has 0 bridgehead atoms. The number of carboxylic acid groups (broad SMARTS) is 1. The van der Waals surface area contributed by atoms with Crippen LogP contribution in [0.2, 0.25) is 0 Å². The van der Waals surface area contributed by atoms with E-state index in [0.29, 0.717) is 18.4 Å². The predicted molar refractivity (Wildman–Crippen MR) is 82.3 cm³/mol. The first-order valence-electron chi connectivity index (χ1n) is 7.57. The maximum Gasteiger partial charge on any atom is 0.305 e. The van der Waals surface area contributed by atoms with Crippen LogP contribution in [-0.2, 0) is 4.79 Å². The Labute approximate surface area is 133 Å². The van der Waals surface area contributed by atoms with Gasteiger partial charge in [-0.2, -0.15) is 0 Å². The second kappa shape index (κ2) is 6.20. The van der Waals surface area contributed by atoms with Crippen molar-refractivity contribution in [2.24, 2.45) is 0 Å². The Hall–Kier alpha value is -2.70. The number of amides is 1. The number of nitrogens with zero attached hydrogens (tertiary/aromatic N) is 3. The molecule has 3 rings (SSSR count). The Morgan fingerprint density at radius 1 is 1.13 bits per heavy atom. The van der Waals surface area contributed by atoms with Crippen molar-refractivity contribution in [3.63, 3.8) is 0 Å². The summed E-state index contributed by atoms with van der Waals surface area (Å²) in [5.74, 6) is -1.11. The summed E-state index contributed by atoms with van der Waals surface area (Å²) in [6, 6.07) is 7.04. The van der Waals surface area contributed by atoms with Crippen LogP contribution in [-0.4, -0.2) is 37.3 Å². The van der Waals surface area contributed by atoms with Crippen molar-refractivity contribution in [2.75, 3.05) is 0 Å². The maximum atomic E-state index is 12.4. The van der Waals surface area contributed by atoms with E-state index in [1.807, 2.05) is 0 Å². The molecule has 1 saturated carbocycles. The van der Waals surface area contributed by atoms with Crippen molar-refractivity contribution in [2.45, 2.75) is 37.6 Å². The van der Waals surface area contributed by atoms with E-state index in [1.54, 1.807) is 41.5 Å². The lowest BCUT2D eigenvalue weighted by Gasteiger charge is -2.28. The van der Waals surface area contributed by atoms with Crippen LogP contribution in [0.4, 0.5) is 0 Å². The minimum atomic E-state index is -0.879. The van der Waals surface area contributed by atoms with Gasteiger partial charge < -0.3 is 10.4 Å². The van der Waals surface area contributed by atoms with Gasteiger partial charge in [-0.15, -0.1) is 10.2 Å². The van der Waals surface area contributed by atoms with E-state index in [-0.39, 0.29) is 12.3 Å². The van der Waals surface area contributed by atoms with Gasteiger partial charge in [-0.25, -0.2) is 0 Å². The molecule has 2 aromatic rings. The molecular weight excluding hydrogens is 296 g/mol. The summed E-state index contributed by atoms with van der Waals surface area (Å²) in [7, 11) is 0. The summed E-state index contributed by atoms with van der Waals surface area (Å²) in [6.07, 6.45) is 6.44. The SMILES string of the molecule is O=C(O)CC1(NC(=O)c2ccc(-n3cnnc3)cc2)CCCC1. The van der Waals surface area contributed by atoms with Crippen molar-refractivity contribution < 1.29 is 14.7 Å². The number of carbonyl (C=O) groups is 2. The molecule has 1 heterocycles. The first-order valence-corrected chi connectivity index (χ1v) is 7.57. The van der Waals surface area contributed by atoms with E-state index in [9.17, 15) is 9.59 Å². The summed E-state index contributed by atoms with van der Waals surface area (Å²) in [6.45, 7) is 0. The molecule has 0 saturated heterocycles. The third kappa shape index (κ3) is 3.39. The lowest BCUT2D eigenvalue weighted by molar-refractivity contribution is -0.138. The average molecular weight is 314 g/mol. The summed E-state index contributed by atoms with van der Waals surface area (Å²) >= 11 is 0. The largest absolute Gasteiger partial charge is 0.481 e. The zero-order valence-electron chi connectivity index (χ0n) is 12.6. The van der Waals surface area contributed by atoms with Gasteiger partial charge in [-0.1, -0.05) is 12.8 Å². The van der Waals surface area contributed by atoms with Gasteiger partial charge in [0.05, 0.1) is 12.0 Å². The Balaban J connectivity index is 1.73. The molecule has 0 atom stereocenters. The Morgan fingerprint density at radius 3 is 2.30 bits per heavy atom. The molecule has 0 radical (unpaired) electrons. The summed E-state index contributed by atoms with van der Waals surface area (Å²) < 4.78 is 1.74. The number of aliphatic carboxylic acids is 1. The molecule has 0 spiro atoms. The highest BCUT2D eigenvalue weighted by atomic mass is 16.4. The fourth-order valence-electron chi connectivity index (χ4n) is 3.12. The molecule has 1 aromatic heterocycles. The molecule has 0 aliphatic heterocycles. The van der Waals surface area contributed by atoms with Crippen LogP contribution in [0.15, 0.2) is 36.9 Å². The third-order valence-corrected chi connectivity index (χ3v) is 4.28. The highest BCUT2D eigenvalue weighted by Crippen LogP contribution is 2.33. The average Bonchev–Trinajstić information content (AvgIpc) is 3.19. The lowest BCUT2D eigenvalue weighted by atomic mass is 9.92. The second-order valence-corrected chi connectivity index (χ2v) is 5.93. The molecule has 1 aromatic carbocycles. The van der Waals surface area contributed by atoms with E-state index >= 15 is 0 Å². The quantitative estimate of drug-likeness (QED) is 0.877. The fraction of sp³-hybridized carbons (Fsp3) is 0.375. The first kappa shape index (κ1) is 15.2. The van der Waals surface area contributed by atoms with Crippen LogP contribution >= 0.6 is 0 Å². The van der Waals surface area contributed by atoms with Gasteiger partial charge in [0.1, 0.15) is 12.7 Å². The molecule has 1 amide bonds. The molecule has 1 aliphatic carbocycles. The number of carboxylic acids is 1. The topological polar surface area (TPSA) is 97.1 Å². The van der Waals surface area contributed by atoms with Gasteiger partial charge in [0.2, 0.25) is 0 Å². The zero-order chi connectivity index (χ0) is 16.3. The van der Waals surface area contributed by atoms with Gasteiger partial charge in [-0.3, -0.25) is 14.2 Å². The van der Waals surface area contributed by atoms with Gasteiger partial charge in [0.15, 0.2) is 0 Å². The molecule has 23 heavy (non-hydrogen) atoms. The Morgan fingerprint density at radius 2 is 1.74 bits per heavy atom. The normalized spacial score (nSPS) is 16.2. The highest BCUT2D eigenvalue weighted by Gasteiger charge is 2.37. The third-order valence-electron chi connectivity index (χ3n) is 4.28. The molecule has 2 N–H and O–H groups in total. The fourth-order valence-corrected chi connectivity index (χ4v) is 3.12. The van der Waals surface area contributed by atoms with Crippen LogP contribution in [0.1, 0.15) is 42.5 Å². The lowest BCUT2D eigenvalue weighted by Crippen LogP contribution is -2.47. The van der Waals surface area contributed by atoms with Crippen LogP contribution in [0.3, 0.4) is 0 Å². The molecule has 120 valence electrons. The van der Waals surface area contributed by atoms with E-state index in [2.05, 4.69) is 15.5 Å². The van der Waals surface area contributed by atoms with Crippen LogP contribution in [0.5, 0.6) is 0 Å². The standard InChI is InChI=1S/C16H18N4O3/c21-14(22)9-16(7-1-2-8-16)19-15(23)12-3-5-13(6-4-12)20-10-17-18-11-20/h3-6,10-11H,1-2,7-9H2,(H,19,23)(H,21,22). The van der Waals surface area contributed by atoms with Gasteiger partial charge in [-0.05, 0) is 37.1 Å². The van der Waals surface area contributed by atoms with Crippen molar-refractivity contribution >= 4 is 11.9 Å². The van der Waals surface area contributed by atoms with Crippen LogP contribution in [0.25, 0.3) is 5.69 Å². The number of aromatic nitrogens is 3. The molecule has 7 nitrogen and oxygen atoms in total. The predicted octanol–water partition coefficient (Wildman–Crippen LogP) is 1.78. The number of carbonyl (C=O) groups excluding carboxylic acids is 1. The number of hydrogen-bond acceptors (Lipinski definition) is 4. The molecule has 1 aliphatic rings. The van der Waals surface area contributed by atoms with E-state index in [0.717, 1.165) is 18.5 Å². The minimum Gasteiger partial charge on any atom is -0.481 e. The number of benzene rings is 1. The van der Waals surface area contributed by atoms with E-state index in [4.69, 9.17) is 5.11 Å². The van der Waals surface area contributed by atoms with Crippen molar-refractivity contribution in [3.8, 4) is 5.69 Å². The monoisotopic (exact) mass is 314 g/mol. The van der Waals surface area contributed by atoms with Crippen molar-refractivity contribution in [1.29, 1.82) is 0 Å². The molecule has 1 fully saturated rings. The number of nitrogens with one attached hydrogen (secondary N) is 1. The summed E-state index contributed by atoms with van der Waals surface area (Å²) in [5.41, 5.74) is 0.752. The molecule has 0 unspecified atom stereocenters. The highest BCUT2D eigenvalue weighted by molar-refractivity contribution is 5.95. The Kier molecular flexibility index (Phi) is 4.10. The maximum absolute atomic E-state index is 12.4. The van der Waals surface area contributed by atoms with Gasteiger partial charge in [0, 0.05) is 11.3 Å². The van der Waals surface area contributed by atoms with Gasteiger partial charge >= 0.3 is 5.97 Å². The van der Waals surface area contributed by atoms with Crippen molar-refractivity contribution in [1.82, 2.24) is 20.1 Å². The minimum absolute atomic E-state index is 0.0302. The summed E-state index contributed by atoms with van der Waals surface area (Å²) in [5, 5.41) is 19.5. The molecule has 7 heteroatoms. The van der Waals surface area contributed by atoms with Gasteiger partial charge in [0.25, 0.3) is 5.91 Å². The number of hydrogen-bond donors (Lipinski definition) is 2. The van der Waals surface area contributed by atoms with Crippen molar-refractivity contribution in [3.05, 3.63) is 42.5 Å². The second-order valence-electron chi connectivity index (χ2n) is 5.93. The van der Waals surface area contributed by atoms with E-state index < -0.39 is 11.5 Å². The summed E-state index contributed by atoms with van der Waals surface area (Å²) in [4.78, 5) is 23.5. The first-order chi connectivity index (χ1) is 11.1. The van der Waals surface area contributed by atoms with Crippen LogP contribution in [0, 0.1) is 0 Å². The zero-order valence-corrected chi connectivity index (χ0v) is 12.6. The molecular formula is C16H18N4O3.